The Morgan fingerprint density at radius 3 is 1.84 bits per heavy atom. The molecule has 5 aliphatic heterocycles. The second-order valence-corrected chi connectivity index (χ2v) is 16.8. The molecule has 14 nitrogen and oxygen atoms in total. The van der Waals surface area contributed by atoms with Crippen molar-refractivity contribution in [3.8, 4) is 17.0 Å². The molecule has 6 heterocycles. The van der Waals surface area contributed by atoms with E-state index in [-0.39, 0.29) is 22.6 Å². The number of hydrogen-bond donors (Lipinski definition) is 2. The molecule has 304 valence electrons. The molecule has 2 aromatic rings. The third kappa shape index (κ3) is 8.19. The maximum atomic E-state index is 14.7. The molecular weight excluding hydrogens is 713 g/mol. The van der Waals surface area contributed by atoms with Crippen LogP contribution in [0.15, 0.2) is 31.5 Å². The quantitative estimate of drug-likeness (QED) is 0.193. The molecule has 8 rings (SSSR count). The minimum Gasteiger partial charge on any atom is -0.494 e. The van der Waals surface area contributed by atoms with Crippen molar-refractivity contribution in [1.82, 2.24) is 28.7 Å². The van der Waals surface area contributed by atoms with Crippen molar-refractivity contribution in [3.05, 3.63) is 48.6 Å². The molecule has 56 heavy (non-hydrogen) atoms. The van der Waals surface area contributed by atoms with Crippen molar-refractivity contribution in [2.75, 3.05) is 124 Å². The van der Waals surface area contributed by atoms with Gasteiger partial charge in [0.15, 0.2) is 0 Å². The predicted molar refractivity (Wildman–Crippen MR) is 220 cm³/mol. The molecule has 2 N–H and O–H groups in total. The zero-order valence-corrected chi connectivity index (χ0v) is 33.4. The van der Waals surface area contributed by atoms with Crippen LogP contribution in [-0.2, 0) is 22.6 Å². The third-order valence-electron chi connectivity index (χ3n) is 13.0. The van der Waals surface area contributed by atoms with Crippen molar-refractivity contribution in [2.45, 2.75) is 51.6 Å². The van der Waals surface area contributed by atoms with E-state index in [1.165, 1.54) is 9.13 Å². The van der Waals surface area contributed by atoms with Crippen molar-refractivity contribution in [1.29, 1.82) is 0 Å². The van der Waals surface area contributed by atoms with Gasteiger partial charge in [0.05, 0.1) is 21.7 Å². The van der Waals surface area contributed by atoms with Gasteiger partial charge in [-0.3, -0.25) is 28.5 Å². The Hall–Kier alpha value is -3.66. The number of likely N-dealkylation sites (N-methyl/N-ethyl adjacent to an activating group) is 2. The number of aromatic nitrogens is 2. The maximum absolute atomic E-state index is 14.7. The molecule has 1 aromatic heterocycles. The fourth-order valence-corrected chi connectivity index (χ4v) is 9.24. The molecule has 1 aromatic carbocycles. The van der Waals surface area contributed by atoms with E-state index in [1.807, 2.05) is 6.07 Å². The molecule has 0 radical (unpaired) electrons. The van der Waals surface area contributed by atoms with Crippen LogP contribution < -0.4 is 27.4 Å². The number of piperazine rings is 2. The van der Waals surface area contributed by atoms with Crippen molar-refractivity contribution < 1.29 is 14.6 Å². The molecule has 14 heteroatoms. The summed E-state index contributed by atoms with van der Waals surface area (Å²) in [7, 11) is 4.27. The van der Waals surface area contributed by atoms with E-state index >= 15 is 0 Å². The number of benzene rings is 2. The highest BCUT2D eigenvalue weighted by Crippen LogP contribution is 2.41. The largest absolute Gasteiger partial charge is 0.494 e. The average molecular weight is 773 g/mol. The van der Waals surface area contributed by atoms with E-state index in [0.29, 0.717) is 121 Å². The van der Waals surface area contributed by atoms with Gasteiger partial charge >= 0.3 is 0 Å². The summed E-state index contributed by atoms with van der Waals surface area (Å²) in [6.07, 6.45) is 4.94. The molecule has 0 unspecified atom stereocenters. The van der Waals surface area contributed by atoms with Crippen LogP contribution in [0.4, 0.5) is 5.69 Å². The Labute approximate surface area is 328 Å². The molecule has 1 aliphatic carbocycles. The van der Waals surface area contributed by atoms with Gasteiger partial charge < -0.3 is 39.5 Å². The highest BCUT2D eigenvalue weighted by Gasteiger charge is 2.30. The number of nitrogens with zero attached hydrogens (tertiary/aromatic N) is 7. The molecule has 4 saturated heterocycles. The summed E-state index contributed by atoms with van der Waals surface area (Å²) in [5.41, 5.74) is 0.320. The predicted octanol–water partition coefficient (Wildman–Crippen LogP) is 1.80. The van der Waals surface area contributed by atoms with Crippen LogP contribution in [-0.4, -0.2) is 153 Å². The Bertz CT molecular complexity index is 2160. The van der Waals surface area contributed by atoms with Crippen LogP contribution in [0.25, 0.3) is 32.7 Å². The van der Waals surface area contributed by atoms with E-state index < -0.39 is 0 Å². The summed E-state index contributed by atoms with van der Waals surface area (Å²) < 4.78 is 14.1. The van der Waals surface area contributed by atoms with Crippen LogP contribution in [0, 0.1) is 11.8 Å². The van der Waals surface area contributed by atoms with E-state index in [1.54, 1.807) is 6.07 Å². The second-order valence-electron chi connectivity index (χ2n) is 16.8. The number of hydrogen-bond acceptors (Lipinski definition) is 12. The van der Waals surface area contributed by atoms with E-state index in [4.69, 9.17) is 14.5 Å². The lowest BCUT2D eigenvalue weighted by atomic mass is 9.89. The first-order chi connectivity index (χ1) is 27.3. The van der Waals surface area contributed by atoms with Gasteiger partial charge in [0, 0.05) is 127 Å². The lowest BCUT2D eigenvalue weighted by Gasteiger charge is -2.32. The standard InChI is InChI=1S/C42H60N8O6/c1-45-13-17-47(18-14-45)9-3-11-49-39(51)31-25-34(44-28-30-7-23-56-24-8-30)38-36-32(40(52)50(42(38)54)12-4-10-48-19-15-46(2)16-20-48)26-33(37(35(31)36)41(49)53)43-27-29-5-21-55-22-6-29/h25-26,29-30,43,52H,3-24,27-28H2,1-2H3. The van der Waals surface area contributed by atoms with Crippen LogP contribution in [0.2, 0.25) is 0 Å². The van der Waals surface area contributed by atoms with Crippen molar-refractivity contribution in [3.63, 3.8) is 0 Å². The molecule has 6 aliphatic rings. The maximum Gasteiger partial charge on any atom is 0.263 e. The summed E-state index contributed by atoms with van der Waals surface area (Å²) in [4.78, 5) is 58.6. The topological polar surface area (TPSA) is 137 Å². The van der Waals surface area contributed by atoms with Gasteiger partial charge in [-0.2, -0.15) is 0 Å². The number of ether oxygens (including phenoxy) is 2. The smallest absolute Gasteiger partial charge is 0.263 e. The van der Waals surface area contributed by atoms with E-state index in [2.05, 4.69) is 39.0 Å². The van der Waals surface area contributed by atoms with Gasteiger partial charge in [-0.15, -0.1) is 0 Å². The first-order valence-electron chi connectivity index (χ1n) is 21.1. The molecule has 0 saturated carbocycles. The molecule has 0 atom stereocenters. The summed E-state index contributed by atoms with van der Waals surface area (Å²) in [6.45, 7) is 14.0. The Balaban J connectivity index is 1.26. The fraction of sp³-hybridized carbons (Fsp3) is 0.667. The summed E-state index contributed by atoms with van der Waals surface area (Å²) in [5.74, 6) is 0.523. The number of anilines is 1. The lowest BCUT2D eigenvalue weighted by molar-refractivity contribution is 0.0687. The molecule has 0 bridgehead atoms. The normalized spacial score (nSPS) is 21.0. The van der Waals surface area contributed by atoms with Gasteiger partial charge in [0.25, 0.3) is 16.7 Å². The summed E-state index contributed by atoms with van der Waals surface area (Å²) in [6, 6.07) is 3.61. The molecule has 4 fully saturated rings. The van der Waals surface area contributed by atoms with Gasteiger partial charge in [0.2, 0.25) is 5.88 Å². The van der Waals surface area contributed by atoms with Crippen molar-refractivity contribution in [2.24, 2.45) is 16.8 Å². The summed E-state index contributed by atoms with van der Waals surface area (Å²) in [5, 5.41) is 17.8. The average Bonchev–Trinajstić information content (AvgIpc) is 3.22. The Kier molecular flexibility index (Phi) is 12.2. The third-order valence-corrected chi connectivity index (χ3v) is 13.0. The first-order valence-corrected chi connectivity index (χ1v) is 21.1. The van der Waals surface area contributed by atoms with E-state index in [0.717, 1.165) is 91.1 Å². The minimum atomic E-state index is -0.371. The minimum absolute atomic E-state index is 0.136. The fourth-order valence-electron chi connectivity index (χ4n) is 9.24. The number of rotatable bonds is 13. The molecular formula is C42H60N8O6. The molecule has 0 amide bonds. The zero-order chi connectivity index (χ0) is 38.8. The van der Waals surface area contributed by atoms with Gasteiger partial charge in [-0.05, 0) is 89.7 Å². The van der Waals surface area contributed by atoms with Gasteiger partial charge in [-0.1, -0.05) is 0 Å². The lowest BCUT2D eigenvalue weighted by Crippen LogP contribution is -2.45. The molecule has 0 spiro atoms. The van der Waals surface area contributed by atoms with Crippen molar-refractivity contribution >= 4 is 27.2 Å². The van der Waals surface area contributed by atoms with E-state index in [9.17, 15) is 19.5 Å². The second kappa shape index (κ2) is 17.5. The Morgan fingerprint density at radius 2 is 1.23 bits per heavy atom. The monoisotopic (exact) mass is 772 g/mol. The van der Waals surface area contributed by atoms with Crippen LogP contribution >= 0.6 is 0 Å². The Morgan fingerprint density at radius 1 is 0.679 bits per heavy atom. The van der Waals surface area contributed by atoms with Crippen LogP contribution in [0.1, 0.15) is 38.5 Å². The van der Waals surface area contributed by atoms with Crippen LogP contribution in [0.5, 0.6) is 5.88 Å². The number of pyridine rings is 2. The number of aromatic hydroxyl groups is 1. The SMILES string of the molecule is CN1CCN(CCCn2c(O)c3cc(NCC4CCOCC4)c4c5c3c(c(=NCC3CCOCC3)cc-5c(=O)n(CCCN3CCN(C)CC3)c4=O)c2=O)CC1. The highest BCUT2D eigenvalue weighted by molar-refractivity contribution is 6.18. The first kappa shape index (κ1) is 39.2. The number of nitrogens with one attached hydrogen (secondary N) is 1. The van der Waals surface area contributed by atoms with Gasteiger partial charge in [0.1, 0.15) is 0 Å². The van der Waals surface area contributed by atoms with Crippen LogP contribution in [0.3, 0.4) is 0 Å². The summed E-state index contributed by atoms with van der Waals surface area (Å²) >= 11 is 0. The highest BCUT2D eigenvalue weighted by atomic mass is 16.5. The zero-order valence-electron chi connectivity index (χ0n) is 33.4. The van der Waals surface area contributed by atoms with Gasteiger partial charge in [-0.25, -0.2) is 0 Å².